The SMILES string of the molecule is COC(=O)c1ccc(S(=O)(=O)Nc2ncc(Cl)s2)cc1. The van der Waals surface area contributed by atoms with Gasteiger partial charge in [0.1, 0.15) is 4.34 Å². The summed E-state index contributed by atoms with van der Waals surface area (Å²) < 4.78 is 31.3. The molecule has 0 aliphatic heterocycles. The summed E-state index contributed by atoms with van der Waals surface area (Å²) >= 11 is 6.69. The van der Waals surface area contributed by atoms with E-state index in [9.17, 15) is 13.2 Å². The summed E-state index contributed by atoms with van der Waals surface area (Å²) in [5.74, 6) is -0.534. The maximum absolute atomic E-state index is 12.1. The average Bonchev–Trinajstić information content (AvgIpc) is 2.82. The van der Waals surface area contributed by atoms with Gasteiger partial charge in [-0.2, -0.15) is 0 Å². The molecule has 1 heterocycles. The molecule has 0 atom stereocenters. The maximum Gasteiger partial charge on any atom is 0.337 e. The van der Waals surface area contributed by atoms with Crippen LogP contribution in [0, 0.1) is 0 Å². The van der Waals surface area contributed by atoms with Gasteiger partial charge in [0, 0.05) is 0 Å². The number of esters is 1. The number of hydrogen-bond donors (Lipinski definition) is 1. The number of carbonyl (C=O) groups excluding carboxylic acids is 1. The molecule has 0 aliphatic rings. The van der Waals surface area contributed by atoms with Gasteiger partial charge >= 0.3 is 5.97 Å². The number of ether oxygens (including phenoxy) is 1. The predicted octanol–water partition coefficient (Wildman–Crippen LogP) is 2.38. The molecule has 20 heavy (non-hydrogen) atoms. The number of methoxy groups -OCH3 is 1. The van der Waals surface area contributed by atoms with Crippen molar-refractivity contribution in [2.75, 3.05) is 11.8 Å². The fourth-order valence-electron chi connectivity index (χ4n) is 1.36. The van der Waals surface area contributed by atoms with E-state index in [0.717, 1.165) is 11.3 Å². The Balaban J connectivity index is 2.23. The molecule has 0 radical (unpaired) electrons. The lowest BCUT2D eigenvalue weighted by Gasteiger charge is -2.05. The Hall–Kier alpha value is -1.64. The maximum atomic E-state index is 12.1. The summed E-state index contributed by atoms with van der Waals surface area (Å²) in [6.45, 7) is 0. The molecule has 0 bridgehead atoms. The van der Waals surface area contributed by atoms with Gasteiger partial charge in [0.15, 0.2) is 5.13 Å². The van der Waals surface area contributed by atoms with E-state index in [-0.39, 0.29) is 15.6 Å². The van der Waals surface area contributed by atoms with Gasteiger partial charge in [-0.15, -0.1) is 0 Å². The van der Waals surface area contributed by atoms with Crippen LogP contribution in [0.3, 0.4) is 0 Å². The minimum Gasteiger partial charge on any atom is -0.465 e. The number of sulfonamides is 1. The van der Waals surface area contributed by atoms with Crippen molar-refractivity contribution in [2.45, 2.75) is 4.90 Å². The Labute approximate surface area is 124 Å². The third-order valence-corrected chi connectivity index (χ3v) is 4.80. The number of hydrogen-bond acceptors (Lipinski definition) is 6. The minimum absolute atomic E-state index is 0.0106. The molecule has 1 N–H and O–H groups in total. The Kier molecular flexibility index (Phi) is 4.26. The van der Waals surface area contributed by atoms with Crippen LogP contribution in [0.25, 0.3) is 0 Å². The summed E-state index contributed by atoms with van der Waals surface area (Å²) in [6.07, 6.45) is 1.35. The highest BCUT2D eigenvalue weighted by atomic mass is 35.5. The van der Waals surface area contributed by atoms with Gasteiger partial charge in [0.05, 0.1) is 23.8 Å². The summed E-state index contributed by atoms with van der Waals surface area (Å²) in [5.41, 5.74) is 0.267. The van der Waals surface area contributed by atoms with Crippen LogP contribution in [-0.2, 0) is 14.8 Å². The molecule has 2 rings (SSSR count). The lowest BCUT2D eigenvalue weighted by Crippen LogP contribution is -2.13. The smallest absolute Gasteiger partial charge is 0.337 e. The number of carbonyl (C=O) groups is 1. The Bertz CT molecular complexity index is 725. The van der Waals surface area contributed by atoms with Crippen LogP contribution in [0.2, 0.25) is 4.34 Å². The van der Waals surface area contributed by atoms with E-state index in [2.05, 4.69) is 14.4 Å². The molecule has 0 unspecified atom stereocenters. The van der Waals surface area contributed by atoms with Crippen molar-refractivity contribution in [1.82, 2.24) is 4.98 Å². The number of aromatic nitrogens is 1. The van der Waals surface area contributed by atoms with Gasteiger partial charge in [0.25, 0.3) is 10.0 Å². The average molecular weight is 333 g/mol. The van der Waals surface area contributed by atoms with Crippen molar-refractivity contribution >= 4 is 44.1 Å². The van der Waals surface area contributed by atoms with E-state index in [0.29, 0.717) is 4.34 Å². The second kappa shape index (κ2) is 5.78. The highest BCUT2D eigenvalue weighted by Crippen LogP contribution is 2.25. The standard InChI is InChI=1S/C11H9ClN2O4S2/c1-18-10(15)7-2-4-8(5-3-7)20(16,17)14-11-13-6-9(12)19-11/h2-6H,1H3,(H,13,14). The van der Waals surface area contributed by atoms with Gasteiger partial charge in [-0.1, -0.05) is 22.9 Å². The number of anilines is 1. The number of benzene rings is 1. The fraction of sp³-hybridized carbons (Fsp3) is 0.0909. The third-order valence-electron chi connectivity index (χ3n) is 2.28. The van der Waals surface area contributed by atoms with E-state index in [4.69, 9.17) is 11.6 Å². The van der Waals surface area contributed by atoms with Crippen molar-refractivity contribution < 1.29 is 17.9 Å². The van der Waals surface area contributed by atoms with E-state index in [1.54, 1.807) is 0 Å². The zero-order valence-corrected chi connectivity index (χ0v) is 12.6. The van der Waals surface area contributed by atoms with Gasteiger partial charge < -0.3 is 4.74 Å². The molecule has 6 nitrogen and oxygen atoms in total. The van der Waals surface area contributed by atoms with Gasteiger partial charge in [-0.25, -0.2) is 18.2 Å². The van der Waals surface area contributed by atoms with Crippen LogP contribution in [-0.4, -0.2) is 26.5 Å². The van der Waals surface area contributed by atoms with Crippen LogP contribution in [0.1, 0.15) is 10.4 Å². The van der Waals surface area contributed by atoms with Gasteiger partial charge in [-0.3, -0.25) is 4.72 Å². The van der Waals surface area contributed by atoms with Crippen LogP contribution in [0.4, 0.5) is 5.13 Å². The van der Waals surface area contributed by atoms with Crippen molar-refractivity contribution in [3.63, 3.8) is 0 Å². The summed E-state index contributed by atoms with van der Waals surface area (Å²) in [6, 6.07) is 5.36. The second-order valence-corrected chi connectivity index (χ2v) is 6.94. The zero-order chi connectivity index (χ0) is 14.8. The summed E-state index contributed by atoms with van der Waals surface area (Å²) in [7, 11) is -2.51. The molecule has 0 saturated carbocycles. The van der Waals surface area contributed by atoms with E-state index >= 15 is 0 Å². The monoisotopic (exact) mass is 332 g/mol. The van der Waals surface area contributed by atoms with Crippen LogP contribution in [0.15, 0.2) is 35.4 Å². The molecule has 0 saturated heterocycles. The lowest BCUT2D eigenvalue weighted by molar-refractivity contribution is 0.0600. The Morgan fingerprint density at radius 3 is 2.50 bits per heavy atom. The number of halogens is 1. The lowest BCUT2D eigenvalue weighted by atomic mass is 10.2. The van der Waals surface area contributed by atoms with E-state index < -0.39 is 16.0 Å². The first-order chi connectivity index (χ1) is 9.42. The first-order valence-corrected chi connectivity index (χ1v) is 7.92. The second-order valence-electron chi connectivity index (χ2n) is 3.59. The molecular formula is C11H9ClN2O4S2. The molecule has 106 valence electrons. The molecule has 1 aromatic carbocycles. The quantitative estimate of drug-likeness (QED) is 0.869. The molecule has 0 amide bonds. The van der Waals surface area contributed by atoms with Crippen LogP contribution in [0.5, 0.6) is 0 Å². The molecule has 9 heteroatoms. The molecule has 1 aromatic heterocycles. The van der Waals surface area contributed by atoms with Crippen molar-refractivity contribution in [1.29, 1.82) is 0 Å². The largest absolute Gasteiger partial charge is 0.465 e. The number of thiazole rings is 1. The fourth-order valence-corrected chi connectivity index (χ4v) is 3.42. The van der Waals surface area contributed by atoms with Crippen LogP contribution < -0.4 is 4.72 Å². The topological polar surface area (TPSA) is 85.4 Å². The van der Waals surface area contributed by atoms with E-state index in [1.165, 1.54) is 37.6 Å². The van der Waals surface area contributed by atoms with Crippen LogP contribution >= 0.6 is 22.9 Å². The summed E-state index contributed by atoms with van der Waals surface area (Å²) in [4.78, 5) is 15.1. The van der Waals surface area contributed by atoms with Crippen molar-refractivity contribution in [2.24, 2.45) is 0 Å². The molecule has 0 aliphatic carbocycles. The van der Waals surface area contributed by atoms with Gasteiger partial charge in [-0.05, 0) is 24.3 Å². The Morgan fingerprint density at radius 2 is 2.00 bits per heavy atom. The Morgan fingerprint density at radius 1 is 1.35 bits per heavy atom. The molecule has 0 spiro atoms. The molecular weight excluding hydrogens is 324 g/mol. The third kappa shape index (κ3) is 3.27. The normalized spacial score (nSPS) is 11.1. The van der Waals surface area contributed by atoms with Gasteiger partial charge in [0.2, 0.25) is 0 Å². The highest BCUT2D eigenvalue weighted by Gasteiger charge is 2.17. The number of rotatable bonds is 4. The zero-order valence-electron chi connectivity index (χ0n) is 10.2. The minimum atomic E-state index is -3.76. The van der Waals surface area contributed by atoms with E-state index in [1.807, 2.05) is 0 Å². The summed E-state index contributed by atoms with van der Waals surface area (Å²) in [5, 5.41) is 0.173. The molecule has 0 fully saturated rings. The number of nitrogens with one attached hydrogen (secondary N) is 1. The highest BCUT2D eigenvalue weighted by molar-refractivity contribution is 7.93. The van der Waals surface area contributed by atoms with Crippen molar-refractivity contribution in [3.05, 3.63) is 40.4 Å². The first-order valence-electron chi connectivity index (χ1n) is 5.25. The number of nitrogens with zero attached hydrogens (tertiary/aromatic N) is 1. The predicted molar refractivity (Wildman–Crippen MR) is 75.7 cm³/mol. The molecule has 2 aromatic rings. The first kappa shape index (κ1) is 14.8. The van der Waals surface area contributed by atoms with Crippen molar-refractivity contribution in [3.8, 4) is 0 Å².